The van der Waals surface area contributed by atoms with Crippen molar-refractivity contribution in [3.8, 4) is 0 Å². The molecule has 3 nitrogen and oxygen atoms in total. The Hall–Kier alpha value is -0.273. The molecule has 0 amide bonds. The molecule has 0 aliphatic carbocycles. The normalized spacial score (nSPS) is 11.2. The SMILES string of the molecule is CCCCCCCCCCCc1ccccc1S(=O)(=O)[O-].[Li+]. The van der Waals surface area contributed by atoms with E-state index in [1.54, 1.807) is 18.2 Å². The maximum atomic E-state index is 11.2. The molecule has 0 radical (unpaired) electrons. The van der Waals surface area contributed by atoms with Gasteiger partial charge >= 0.3 is 18.9 Å². The van der Waals surface area contributed by atoms with Crippen molar-refractivity contribution < 1.29 is 31.8 Å². The van der Waals surface area contributed by atoms with Gasteiger partial charge in [0.05, 0.1) is 4.90 Å². The summed E-state index contributed by atoms with van der Waals surface area (Å²) in [7, 11) is -4.34. The number of unbranched alkanes of at least 4 members (excludes halogenated alkanes) is 8. The Bertz CT molecular complexity index is 500. The van der Waals surface area contributed by atoms with E-state index in [4.69, 9.17) is 0 Å². The van der Waals surface area contributed by atoms with E-state index in [1.165, 1.54) is 51.0 Å². The van der Waals surface area contributed by atoms with Crippen molar-refractivity contribution in [2.24, 2.45) is 0 Å². The first-order valence-corrected chi connectivity index (χ1v) is 9.50. The fourth-order valence-electron chi connectivity index (χ4n) is 2.58. The van der Waals surface area contributed by atoms with Gasteiger partial charge in [-0.05, 0) is 24.5 Å². The van der Waals surface area contributed by atoms with Crippen LogP contribution in [0.3, 0.4) is 0 Å². The molecular formula is C17H27LiO3S. The summed E-state index contributed by atoms with van der Waals surface area (Å²) in [6.07, 6.45) is 11.7. The molecule has 120 valence electrons. The van der Waals surface area contributed by atoms with Crippen molar-refractivity contribution in [2.45, 2.75) is 76.0 Å². The van der Waals surface area contributed by atoms with Gasteiger partial charge in [0, 0.05) is 0 Å². The first-order chi connectivity index (χ1) is 10.1. The van der Waals surface area contributed by atoms with Gasteiger partial charge in [-0.1, -0.05) is 76.5 Å². The van der Waals surface area contributed by atoms with Gasteiger partial charge in [-0.2, -0.15) is 0 Å². The first-order valence-electron chi connectivity index (χ1n) is 8.09. The van der Waals surface area contributed by atoms with Gasteiger partial charge in [0.1, 0.15) is 10.1 Å². The van der Waals surface area contributed by atoms with E-state index in [-0.39, 0.29) is 23.8 Å². The minimum absolute atomic E-state index is 0. The second-order valence-corrected chi connectivity index (χ2v) is 6.99. The monoisotopic (exact) mass is 318 g/mol. The maximum Gasteiger partial charge on any atom is 1.00 e. The van der Waals surface area contributed by atoms with Gasteiger partial charge in [0.25, 0.3) is 0 Å². The van der Waals surface area contributed by atoms with Crippen LogP contribution in [0.15, 0.2) is 29.2 Å². The number of aryl methyl sites for hydroxylation is 1. The third-order valence-corrected chi connectivity index (χ3v) is 4.73. The van der Waals surface area contributed by atoms with Crippen molar-refractivity contribution >= 4 is 10.1 Å². The average molecular weight is 318 g/mol. The molecule has 0 saturated carbocycles. The van der Waals surface area contributed by atoms with E-state index in [2.05, 4.69) is 6.92 Å². The predicted molar refractivity (Wildman–Crippen MR) is 85.3 cm³/mol. The summed E-state index contributed by atoms with van der Waals surface area (Å²) in [6, 6.07) is 6.54. The molecule has 1 rings (SSSR count). The maximum absolute atomic E-state index is 11.2. The van der Waals surface area contributed by atoms with E-state index in [0.29, 0.717) is 12.0 Å². The van der Waals surface area contributed by atoms with E-state index in [1.807, 2.05) is 0 Å². The largest absolute Gasteiger partial charge is 1.00 e. The van der Waals surface area contributed by atoms with Gasteiger partial charge < -0.3 is 4.55 Å². The van der Waals surface area contributed by atoms with Crippen LogP contribution in [0.4, 0.5) is 0 Å². The van der Waals surface area contributed by atoms with Crippen LogP contribution in [0.25, 0.3) is 0 Å². The summed E-state index contributed by atoms with van der Waals surface area (Å²) in [6.45, 7) is 2.22. The molecule has 1 aromatic rings. The van der Waals surface area contributed by atoms with Crippen molar-refractivity contribution in [3.63, 3.8) is 0 Å². The minimum Gasteiger partial charge on any atom is -0.744 e. The molecule has 22 heavy (non-hydrogen) atoms. The summed E-state index contributed by atoms with van der Waals surface area (Å²) in [4.78, 5) is -0.0513. The Morgan fingerprint density at radius 1 is 0.864 bits per heavy atom. The molecular weight excluding hydrogens is 291 g/mol. The molecule has 0 fully saturated rings. The van der Waals surface area contributed by atoms with Gasteiger partial charge in [-0.25, -0.2) is 8.42 Å². The zero-order valence-corrected chi connectivity index (χ0v) is 14.8. The van der Waals surface area contributed by atoms with Gasteiger partial charge in [0.2, 0.25) is 0 Å². The fourth-order valence-corrected chi connectivity index (χ4v) is 3.32. The van der Waals surface area contributed by atoms with Crippen molar-refractivity contribution in [3.05, 3.63) is 29.8 Å². The van der Waals surface area contributed by atoms with Crippen LogP contribution in [0.1, 0.15) is 70.3 Å². The third-order valence-electron chi connectivity index (χ3n) is 3.79. The molecule has 0 aliphatic rings. The van der Waals surface area contributed by atoms with Crippen LogP contribution < -0.4 is 18.9 Å². The number of rotatable bonds is 11. The smallest absolute Gasteiger partial charge is 0.744 e. The zero-order valence-electron chi connectivity index (χ0n) is 14.0. The first kappa shape index (κ1) is 21.7. The molecule has 0 heterocycles. The van der Waals surface area contributed by atoms with Crippen molar-refractivity contribution in [1.82, 2.24) is 0 Å². The molecule has 1 aromatic carbocycles. The molecule has 0 unspecified atom stereocenters. The van der Waals surface area contributed by atoms with E-state index in [9.17, 15) is 13.0 Å². The molecule has 0 spiro atoms. The fraction of sp³-hybridized carbons (Fsp3) is 0.647. The van der Waals surface area contributed by atoms with E-state index >= 15 is 0 Å². The van der Waals surface area contributed by atoms with Crippen LogP contribution >= 0.6 is 0 Å². The Morgan fingerprint density at radius 2 is 1.36 bits per heavy atom. The van der Waals surface area contributed by atoms with Crippen molar-refractivity contribution in [1.29, 1.82) is 0 Å². The average Bonchev–Trinajstić information content (AvgIpc) is 2.45. The van der Waals surface area contributed by atoms with Crippen LogP contribution in [0, 0.1) is 0 Å². The molecule has 0 aromatic heterocycles. The van der Waals surface area contributed by atoms with E-state index < -0.39 is 10.1 Å². The van der Waals surface area contributed by atoms with Crippen molar-refractivity contribution in [2.75, 3.05) is 0 Å². The predicted octanol–water partition coefficient (Wildman–Crippen LogP) is 1.67. The molecule has 5 heteroatoms. The minimum atomic E-state index is -4.34. The Labute approximate surface area is 147 Å². The quantitative estimate of drug-likeness (QED) is 0.354. The van der Waals surface area contributed by atoms with Crippen LogP contribution in [-0.2, 0) is 16.5 Å². The Morgan fingerprint density at radius 3 is 1.91 bits per heavy atom. The molecule has 0 bridgehead atoms. The summed E-state index contributed by atoms with van der Waals surface area (Å²) < 4.78 is 33.5. The van der Waals surface area contributed by atoms with E-state index in [0.717, 1.165) is 12.8 Å². The second-order valence-electron chi connectivity index (χ2n) is 5.64. The molecule has 0 aliphatic heterocycles. The summed E-state index contributed by atoms with van der Waals surface area (Å²) in [5.41, 5.74) is 0.662. The number of benzene rings is 1. The summed E-state index contributed by atoms with van der Waals surface area (Å²) in [5, 5.41) is 0. The molecule has 0 saturated heterocycles. The Balaban J connectivity index is 0.00000441. The number of hydrogen-bond donors (Lipinski definition) is 0. The van der Waals surface area contributed by atoms with Gasteiger partial charge in [-0.15, -0.1) is 0 Å². The topological polar surface area (TPSA) is 57.2 Å². The van der Waals surface area contributed by atoms with Gasteiger partial charge in [0.15, 0.2) is 0 Å². The van der Waals surface area contributed by atoms with Gasteiger partial charge in [-0.3, -0.25) is 0 Å². The number of hydrogen-bond acceptors (Lipinski definition) is 3. The third kappa shape index (κ3) is 9.00. The van der Waals surface area contributed by atoms with Crippen LogP contribution in [-0.4, -0.2) is 13.0 Å². The standard InChI is InChI=1S/C17H28O3S.Li/c1-2-3-4-5-6-7-8-9-10-13-16-14-11-12-15-17(16)21(18,19)20;/h11-12,14-15H,2-10,13H2,1H3,(H,18,19,20);/q;+1/p-1. The molecule has 0 N–H and O–H groups in total. The zero-order chi connectivity index (χ0) is 15.6. The summed E-state index contributed by atoms with van der Waals surface area (Å²) >= 11 is 0. The Kier molecular flexibility index (Phi) is 12.0. The van der Waals surface area contributed by atoms with Crippen LogP contribution in [0.2, 0.25) is 0 Å². The van der Waals surface area contributed by atoms with Crippen LogP contribution in [0.5, 0.6) is 0 Å². The summed E-state index contributed by atoms with van der Waals surface area (Å²) in [5.74, 6) is 0. The molecule has 0 atom stereocenters. The second kappa shape index (κ2) is 12.2.